The third kappa shape index (κ3) is 5.50. The molecule has 0 aliphatic heterocycles. The molecular formula is C23H20Cl3N5O2. The third-order valence-corrected chi connectivity index (χ3v) is 5.77. The molecule has 0 aliphatic carbocycles. The van der Waals surface area contributed by atoms with E-state index in [9.17, 15) is 4.79 Å². The van der Waals surface area contributed by atoms with E-state index in [0.717, 1.165) is 17.0 Å². The number of anilines is 1. The zero-order valence-electron chi connectivity index (χ0n) is 17.8. The Morgan fingerprint density at radius 2 is 1.73 bits per heavy atom. The van der Waals surface area contributed by atoms with Crippen molar-refractivity contribution in [3.63, 3.8) is 0 Å². The monoisotopic (exact) mass is 503 g/mol. The second kappa shape index (κ2) is 9.87. The summed E-state index contributed by atoms with van der Waals surface area (Å²) in [6.45, 7) is 4.42. The average molecular weight is 505 g/mol. The van der Waals surface area contributed by atoms with E-state index in [1.165, 1.54) is 4.68 Å². The quantitative estimate of drug-likeness (QED) is 0.335. The number of nitrogens with zero attached hydrogens (tertiary/aromatic N) is 4. The molecule has 4 rings (SSSR count). The molecule has 1 N–H and O–H groups in total. The van der Waals surface area contributed by atoms with Crippen LogP contribution in [0, 0.1) is 13.8 Å². The van der Waals surface area contributed by atoms with Crippen LogP contribution in [0.3, 0.4) is 0 Å². The maximum atomic E-state index is 12.8. The Balaban J connectivity index is 1.42. The topological polar surface area (TPSA) is 74.0 Å². The van der Waals surface area contributed by atoms with Gasteiger partial charge in [0, 0.05) is 16.2 Å². The number of aromatic nitrogens is 4. The normalized spacial score (nSPS) is 10.9. The number of rotatable bonds is 7. The van der Waals surface area contributed by atoms with Crippen LogP contribution in [0.2, 0.25) is 15.1 Å². The molecule has 0 aliphatic rings. The second-order valence-corrected chi connectivity index (χ2v) is 8.65. The van der Waals surface area contributed by atoms with Crippen molar-refractivity contribution in [3.8, 4) is 5.75 Å². The van der Waals surface area contributed by atoms with Crippen LogP contribution >= 0.6 is 34.8 Å². The highest BCUT2D eigenvalue weighted by Gasteiger charge is 2.17. The van der Waals surface area contributed by atoms with Crippen molar-refractivity contribution in [2.45, 2.75) is 27.1 Å². The molecule has 2 aromatic heterocycles. The number of hydrogen-bond acceptors (Lipinski definition) is 4. The number of ether oxygens (including phenoxy) is 1. The van der Waals surface area contributed by atoms with E-state index in [1.54, 1.807) is 30.5 Å². The molecule has 0 saturated heterocycles. The fourth-order valence-electron chi connectivity index (χ4n) is 3.25. The fraction of sp³-hybridized carbons (Fsp3) is 0.174. The summed E-state index contributed by atoms with van der Waals surface area (Å²) in [5.74, 6) is 0.137. The van der Waals surface area contributed by atoms with E-state index in [-0.39, 0.29) is 18.3 Å². The summed E-state index contributed by atoms with van der Waals surface area (Å²) in [7, 11) is 0. The lowest BCUT2D eigenvalue weighted by Gasteiger charge is -2.08. The number of aryl methyl sites for hydroxylation is 1. The van der Waals surface area contributed by atoms with Crippen LogP contribution in [0.4, 0.5) is 5.69 Å². The van der Waals surface area contributed by atoms with Crippen LogP contribution < -0.4 is 10.1 Å². The minimum Gasteiger partial charge on any atom is -0.470 e. The van der Waals surface area contributed by atoms with Crippen LogP contribution in [0.5, 0.6) is 5.75 Å². The number of benzene rings is 2. The van der Waals surface area contributed by atoms with Crippen LogP contribution in [-0.4, -0.2) is 25.5 Å². The van der Waals surface area contributed by atoms with Gasteiger partial charge in [-0.2, -0.15) is 10.2 Å². The van der Waals surface area contributed by atoms with Gasteiger partial charge in [-0.15, -0.1) is 0 Å². The number of carbonyl (C=O) groups is 1. The van der Waals surface area contributed by atoms with Crippen molar-refractivity contribution >= 4 is 46.4 Å². The van der Waals surface area contributed by atoms with Gasteiger partial charge in [-0.05, 0) is 55.8 Å². The third-order valence-electron chi connectivity index (χ3n) is 4.99. The first kappa shape index (κ1) is 23.2. The van der Waals surface area contributed by atoms with Crippen molar-refractivity contribution in [1.82, 2.24) is 19.6 Å². The van der Waals surface area contributed by atoms with Gasteiger partial charge in [0.25, 0.3) is 5.91 Å². The first-order valence-corrected chi connectivity index (χ1v) is 11.1. The molecule has 33 heavy (non-hydrogen) atoms. The Morgan fingerprint density at radius 3 is 2.45 bits per heavy atom. The van der Waals surface area contributed by atoms with Gasteiger partial charge in [-0.25, -0.2) is 4.68 Å². The smallest absolute Gasteiger partial charge is 0.276 e. The van der Waals surface area contributed by atoms with Gasteiger partial charge in [0.15, 0.2) is 12.4 Å². The first-order valence-electron chi connectivity index (χ1n) is 10.0. The van der Waals surface area contributed by atoms with Gasteiger partial charge >= 0.3 is 0 Å². The predicted molar refractivity (Wildman–Crippen MR) is 130 cm³/mol. The summed E-state index contributed by atoms with van der Waals surface area (Å²) in [4.78, 5) is 12.8. The second-order valence-electron chi connectivity index (χ2n) is 7.37. The summed E-state index contributed by atoms with van der Waals surface area (Å²) >= 11 is 18.0. The number of carbonyl (C=O) groups excluding carboxylic acids is 1. The lowest BCUT2D eigenvalue weighted by Crippen LogP contribution is -2.15. The standard InChI is InChI=1S/C23H20Cl3N5O2/c1-14-22(15(2)31(28-14)12-16-3-5-17(24)6-4-16)27-23(32)20-9-10-30(29-20)13-33-21-8-7-18(25)11-19(21)26/h3-11H,12-13H2,1-2H3,(H,27,32). The first-order chi connectivity index (χ1) is 15.8. The van der Waals surface area contributed by atoms with Crippen molar-refractivity contribution in [2.75, 3.05) is 5.32 Å². The fourth-order valence-corrected chi connectivity index (χ4v) is 3.84. The number of nitrogens with one attached hydrogen (secondary N) is 1. The molecule has 0 spiro atoms. The Bertz CT molecular complexity index is 1300. The van der Waals surface area contributed by atoms with Gasteiger partial charge in [-0.3, -0.25) is 9.48 Å². The molecular weight excluding hydrogens is 485 g/mol. The molecule has 2 heterocycles. The zero-order chi connectivity index (χ0) is 23.5. The lowest BCUT2D eigenvalue weighted by atomic mass is 10.2. The van der Waals surface area contributed by atoms with Gasteiger partial charge < -0.3 is 10.1 Å². The average Bonchev–Trinajstić information content (AvgIpc) is 3.35. The molecule has 0 fully saturated rings. The Hall–Kier alpha value is -3.00. The highest BCUT2D eigenvalue weighted by molar-refractivity contribution is 6.35. The van der Waals surface area contributed by atoms with E-state index in [4.69, 9.17) is 39.5 Å². The van der Waals surface area contributed by atoms with E-state index in [2.05, 4.69) is 15.5 Å². The van der Waals surface area contributed by atoms with Crippen molar-refractivity contribution in [2.24, 2.45) is 0 Å². The molecule has 1 amide bonds. The van der Waals surface area contributed by atoms with Crippen molar-refractivity contribution in [3.05, 3.63) is 92.4 Å². The minimum atomic E-state index is -0.337. The van der Waals surface area contributed by atoms with Crippen LogP contribution in [-0.2, 0) is 13.3 Å². The van der Waals surface area contributed by atoms with Crippen LogP contribution in [0.1, 0.15) is 27.4 Å². The number of halogens is 3. The number of amides is 1. The highest BCUT2D eigenvalue weighted by Crippen LogP contribution is 2.27. The molecule has 7 nitrogen and oxygen atoms in total. The maximum Gasteiger partial charge on any atom is 0.276 e. The molecule has 0 bridgehead atoms. The Morgan fingerprint density at radius 1 is 1.00 bits per heavy atom. The van der Waals surface area contributed by atoms with E-state index in [1.807, 2.05) is 42.8 Å². The Kier molecular flexibility index (Phi) is 6.93. The molecule has 170 valence electrons. The molecule has 0 atom stereocenters. The predicted octanol–water partition coefficient (Wildman–Crippen LogP) is 5.99. The zero-order valence-corrected chi connectivity index (χ0v) is 20.1. The van der Waals surface area contributed by atoms with E-state index < -0.39 is 0 Å². The summed E-state index contributed by atoms with van der Waals surface area (Å²) in [6.07, 6.45) is 1.66. The van der Waals surface area contributed by atoms with Gasteiger partial charge in [-0.1, -0.05) is 46.9 Å². The molecule has 4 aromatic rings. The molecule has 0 unspecified atom stereocenters. The molecule has 0 radical (unpaired) electrons. The summed E-state index contributed by atoms with van der Waals surface area (Å²) in [6, 6.07) is 14.1. The van der Waals surface area contributed by atoms with Crippen molar-refractivity contribution in [1.29, 1.82) is 0 Å². The van der Waals surface area contributed by atoms with Crippen LogP contribution in [0.25, 0.3) is 0 Å². The van der Waals surface area contributed by atoms with E-state index >= 15 is 0 Å². The van der Waals surface area contributed by atoms with Gasteiger partial charge in [0.05, 0.1) is 28.6 Å². The SMILES string of the molecule is Cc1nn(Cc2ccc(Cl)cc2)c(C)c1NC(=O)c1ccn(COc2ccc(Cl)cc2Cl)n1. The number of hydrogen-bond donors (Lipinski definition) is 1. The molecule has 2 aromatic carbocycles. The highest BCUT2D eigenvalue weighted by atomic mass is 35.5. The van der Waals surface area contributed by atoms with Crippen molar-refractivity contribution < 1.29 is 9.53 Å². The van der Waals surface area contributed by atoms with Gasteiger partial charge in [0.2, 0.25) is 0 Å². The summed E-state index contributed by atoms with van der Waals surface area (Å²) in [5, 5.41) is 13.4. The lowest BCUT2D eigenvalue weighted by molar-refractivity contribution is 0.102. The van der Waals surface area contributed by atoms with E-state index in [0.29, 0.717) is 33.0 Å². The largest absolute Gasteiger partial charge is 0.470 e. The minimum absolute atomic E-state index is 0.0890. The molecule has 10 heteroatoms. The summed E-state index contributed by atoms with van der Waals surface area (Å²) < 4.78 is 9.00. The Labute approximate surface area is 205 Å². The van der Waals surface area contributed by atoms with Gasteiger partial charge in [0.1, 0.15) is 5.75 Å². The molecule has 0 saturated carbocycles. The maximum absolute atomic E-state index is 12.8. The van der Waals surface area contributed by atoms with Crippen LogP contribution in [0.15, 0.2) is 54.7 Å². The summed E-state index contributed by atoms with van der Waals surface area (Å²) in [5.41, 5.74) is 3.53.